The maximum atomic E-state index is 6.39. The normalized spacial score (nSPS) is 25.7. The minimum absolute atomic E-state index is 0.341. The molecule has 21 heavy (non-hydrogen) atoms. The lowest BCUT2D eigenvalue weighted by Gasteiger charge is -2.34. The summed E-state index contributed by atoms with van der Waals surface area (Å²) in [7, 11) is 0. The molecule has 0 radical (unpaired) electrons. The third kappa shape index (κ3) is 3.75. The van der Waals surface area contributed by atoms with E-state index in [0.29, 0.717) is 17.9 Å². The van der Waals surface area contributed by atoms with Crippen molar-refractivity contribution in [3.05, 3.63) is 70.2 Å². The van der Waals surface area contributed by atoms with Crippen LogP contribution in [0.25, 0.3) is 0 Å². The lowest BCUT2D eigenvalue weighted by atomic mass is 9.73. The highest BCUT2D eigenvalue weighted by Gasteiger charge is 2.28. The van der Waals surface area contributed by atoms with Gasteiger partial charge >= 0.3 is 0 Å². The standard InChI is InChI=1S/C19H22BrN/c20-18-9-6-14(7-10-18)12-17-13-16(8-11-19(17)21)15-4-2-1-3-5-15/h1-7,9-10,16-17,19H,8,11-13,21H2. The SMILES string of the molecule is NC1CCC(c2ccccc2)CC1Cc1ccc(Br)cc1. The number of hydrogen-bond acceptors (Lipinski definition) is 1. The molecule has 0 saturated heterocycles. The van der Waals surface area contributed by atoms with Crippen LogP contribution in [0.4, 0.5) is 0 Å². The van der Waals surface area contributed by atoms with E-state index in [1.807, 2.05) is 0 Å². The minimum atomic E-state index is 0.341. The highest BCUT2D eigenvalue weighted by molar-refractivity contribution is 9.10. The van der Waals surface area contributed by atoms with Crippen LogP contribution in [0.1, 0.15) is 36.3 Å². The summed E-state index contributed by atoms with van der Waals surface area (Å²) in [5.41, 5.74) is 9.26. The third-order valence-electron chi connectivity index (χ3n) is 4.72. The molecular formula is C19H22BrN. The molecular weight excluding hydrogens is 322 g/mol. The quantitative estimate of drug-likeness (QED) is 0.842. The van der Waals surface area contributed by atoms with E-state index in [9.17, 15) is 0 Å². The molecule has 2 N–H and O–H groups in total. The number of nitrogens with two attached hydrogens (primary N) is 1. The predicted molar refractivity (Wildman–Crippen MR) is 92.3 cm³/mol. The lowest BCUT2D eigenvalue weighted by molar-refractivity contribution is 0.277. The van der Waals surface area contributed by atoms with Crippen molar-refractivity contribution in [2.75, 3.05) is 0 Å². The topological polar surface area (TPSA) is 26.0 Å². The maximum absolute atomic E-state index is 6.39. The van der Waals surface area contributed by atoms with Crippen LogP contribution in [-0.4, -0.2) is 6.04 Å². The fourth-order valence-corrected chi connectivity index (χ4v) is 3.74. The van der Waals surface area contributed by atoms with Crippen LogP contribution in [0.15, 0.2) is 59.1 Å². The Labute approximate surface area is 135 Å². The third-order valence-corrected chi connectivity index (χ3v) is 5.25. The van der Waals surface area contributed by atoms with Gasteiger partial charge in [-0.15, -0.1) is 0 Å². The predicted octanol–water partition coefficient (Wildman–Crippen LogP) is 4.90. The van der Waals surface area contributed by atoms with E-state index in [-0.39, 0.29) is 0 Å². The van der Waals surface area contributed by atoms with Gasteiger partial charge in [-0.3, -0.25) is 0 Å². The summed E-state index contributed by atoms with van der Waals surface area (Å²) in [6, 6.07) is 19.9. The van der Waals surface area contributed by atoms with Crippen molar-refractivity contribution < 1.29 is 0 Å². The smallest absolute Gasteiger partial charge is 0.0175 e. The van der Waals surface area contributed by atoms with E-state index < -0.39 is 0 Å². The Morgan fingerprint density at radius 1 is 0.952 bits per heavy atom. The van der Waals surface area contributed by atoms with Crippen LogP contribution in [0, 0.1) is 5.92 Å². The molecule has 1 nitrogen and oxygen atoms in total. The molecule has 0 aliphatic heterocycles. The minimum Gasteiger partial charge on any atom is -0.327 e. The first-order chi connectivity index (χ1) is 10.2. The maximum Gasteiger partial charge on any atom is 0.0175 e. The van der Waals surface area contributed by atoms with Crippen LogP contribution in [-0.2, 0) is 6.42 Å². The molecule has 2 heteroatoms. The van der Waals surface area contributed by atoms with Gasteiger partial charge in [0.15, 0.2) is 0 Å². The summed E-state index contributed by atoms with van der Waals surface area (Å²) in [6.07, 6.45) is 4.67. The number of hydrogen-bond donors (Lipinski definition) is 1. The molecule has 0 bridgehead atoms. The zero-order chi connectivity index (χ0) is 14.7. The molecule has 0 spiro atoms. The van der Waals surface area contributed by atoms with Gasteiger partial charge in [-0.05, 0) is 60.8 Å². The van der Waals surface area contributed by atoms with Crippen LogP contribution in [0.5, 0.6) is 0 Å². The van der Waals surface area contributed by atoms with Crippen molar-refractivity contribution in [3.63, 3.8) is 0 Å². The molecule has 3 atom stereocenters. The van der Waals surface area contributed by atoms with Crippen molar-refractivity contribution in [1.82, 2.24) is 0 Å². The van der Waals surface area contributed by atoms with E-state index in [2.05, 4.69) is 70.5 Å². The highest BCUT2D eigenvalue weighted by Crippen LogP contribution is 2.37. The van der Waals surface area contributed by atoms with E-state index in [0.717, 1.165) is 17.3 Å². The second-order valence-corrected chi connectivity index (χ2v) is 7.09. The molecule has 3 unspecified atom stereocenters. The first kappa shape index (κ1) is 14.8. The lowest BCUT2D eigenvalue weighted by Crippen LogP contribution is -2.36. The number of halogens is 1. The molecule has 3 rings (SSSR count). The van der Waals surface area contributed by atoms with Crippen molar-refractivity contribution in [3.8, 4) is 0 Å². The first-order valence-corrected chi connectivity index (χ1v) is 8.56. The summed E-state index contributed by atoms with van der Waals surface area (Å²) in [6.45, 7) is 0. The van der Waals surface area contributed by atoms with E-state index in [4.69, 9.17) is 5.73 Å². The zero-order valence-corrected chi connectivity index (χ0v) is 13.8. The molecule has 2 aromatic carbocycles. The number of rotatable bonds is 3. The van der Waals surface area contributed by atoms with E-state index in [1.54, 1.807) is 0 Å². The fourth-order valence-electron chi connectivity index (χ4n) is 3.47. The van der Waals surface area contributed by atoms with E-state index in [1.165, 1.54) is 24.0 Å². The van der Waals surface area contributed by atoms with Gasteiger partial charge in [-0.25, -0.2) is 0 Å². The highest BCUT2D eigenvalue weighted by atomic mass is 79.9. The summed E-state index contributed by atoms with van der Waals surface area (Å²) in [5, 5.41) is 0. The first-order valence-electron chi connectivity index (χ1n) is 7.77. The summed E-state index contributed by atoms with van der Waals surface area (Å²) in [4.78, 5) is 0. The summed E-state index contributed by atoms with van der Waals surface area (Å²) < 4.78 is 1.14. The Kier molecular flexibility index (Phi) is 4.77. The van der Waals surface area contributed by atoms with Gasteiger partial charge < -0.3 is 5.73 Å². The molecule has 1 fully saturated rings. The second-order valence-electron chi connectivity index (χ2n) is 6.18. The Morgan fingerprint density at radius 2 is 1.67 bits per heavy atom. The summed E-state index contributed by atoms with van der Waals surface area (Å²) in [5.74, 6) is 1.26. The van der Waals surface area contributed by atoms with Gasteiger partial charge in [-0.1, -0.05) is 58.4 Å². The average molecular weight is 344 g/mol. The molecule has 0 aromatic heterocycles. The Balaban J connectivity index is 1.70. The van der Waals surface area contributed by atoms with E-state index >= 15 is 0 Å². The van der Waals surface area contributed by atoms with Crippen molar-refractivity contribution in [1.29, 1.82) is 0 Å². The molecule has 1 saturated carbocycles. The molecule has 1 aliphatic rings. The van der Waals surface area contributed by atoms with Crippen LogP contribution in [0.3, 0.4) is 0 Å². The molecule has 110 valence electrons. The van der Waals surface area contributed by atoms with Crippen molar-refractivity contribution in [2.45, 2.75) is 37.6 Å². The zero-order valence-electron chi connectivity index (χ0n) is 12.2. The van der Waals surface area contributed by atoms with Crippen molar-refractivity contribution >= 4 is 15.9 Å². The largest absolute Gasteiger partial charge is 0.327 e. The summed E-state index contributed by atoms with van der Waals surface area (Å²) >= 11 is 3.50. The van der Waals surface area contributed by atoms with Gasteiger partial charge in [-0.2, -0.15) is 0 Å². The molecule has 1 aliphatic carbocycles. The average Bonchev–Trinajstić information content (AvgIpc) is 2.52. The van der Waals surface area contributed by atoms with Crippen LogP contribution in [0.2, 0.25) is 0 Å². The Hall–Kier alpha value is -1.12. The molecule has 0 heterocycles. The van der Waals surface area contributed by atoms with Gasteiger partial charge in [0, 0.05) is 10.5 Å². The van der Waals surface area contributed by atoms with Gasteiger partial charge in [0.2, 0.25) is 0 Å². The molecule has 0 amide bonds. The monoisotopic (exact) mass is 343 g/mol. The Morgan fingerprint density at radius 3 is 2.38 bits per heavy atom. The Bertz CT molecular complexity index is 564. The second kappa shape index (κ2) is 6.76. The van der Waals surface area contributed by atoms with Gasteiger partial charge in [0.25, 0.3) is 0 Å². The molecule has 2 aromatic rings. The van der Waals surface area contributed by atoms with Gasteiger partial charge in [0.1, 0.15) is 0 Å². The fraction of sp³-hybridized carbons (Fsp3) is 0.368. The van der Waals surface area contributed by atoms with Crippen LogP contribution >= 0.6 is 15.9 Å². The van der Waals surface area contributed by atoms with Crippen molar-refractivity contribution in [2.24, 2.45) is 11.7 Å². The van der Waals surface area contributed by atoms with Crippen LogP contribution < -0.4 is 5.73 Å². The van der Waals surface area contributed by atoms with Gasteiger partial charge in [0.05, 0.1) is 0 Å². The number of benzene rings is 2.